The second-order valence-corrected chi connectivity index (χ2v) is 8.41. The lowest BCUT2D eigenvalue weighted by molar-refractivity contribution is -0.141. The summed E-state index contributed by atoms with van der Waals surface area (Å²) in [5.74, 6) is 0. The number of fused-ring (bicyclic) bond motifs is 2. The third kappa shape index (κ3) is 3.09. The number of H-pyrrole nitrogens is 1. The number of alkyl halides is 3. The van der Waals surface area contributed by atoms with Gasteiger partial charge in [0.15, 0.2) is 0 Å². The predicted octanol–water partition coefficient (Wildman–Crippen LogP) is 4.42. The molecule has 0 aliphatic carbocycles. The number of nitrogens with zero attached hydrogens (tertiary/aromatic N) is 1. The number of hydrogen-bond donors (Lipinski definition) is 2. The first-order valence-electron chi connectivity index (χ1n) is 8.08. The Morgan fingerprint density at radius 1 is 1.36 bits per heavy atom. The third-order valence-corrected chi connectivity index (χ3v) is 6.35. The number of rotatable bonds is 1. The van der Waals surface area contributed by atoms with Crippen LogP contribution >= 0.6 is 22.9 Å². The summed E-state index contributed by atoms with van der Waals surface area (Å²) in [6, 6.07) is 2.82. The lowest BCUT2D eigenvalue weighted by Crippen LogP contribution is -2.49. The Labute approximate surface area is 151 Å². The van der Waals surface area contributed by atoms with E-state index in [-0.39, 0.29) is 12.1 Å². The van der Waals surface area contributed by atoms with Crippen LogP contribution in [0.1, 0.15) is 47.6 Å². The van der Waals surface area contributed by atoms with Crippen molar-refractivity contribution in [1.29, 1.82) is 0 Å². The minimum atomic E-state index is -4.43. The number of aromatic nitrogens is 2. The smallest absolute Gasteiger partial charge is 0.369 e. The van der Waals surface area contributed by atoms with Crippen molar-refractivity contribution in [1.82, 2.24) is 15.5 Å². The summed E-state index contributed by atoms with van der Waals surface area (Å²) < 4.78 is 45.5. The largest absolute Gasteiger partial charge is 0.432 e. The highest BCUT2D eigenvalue weighted by atomic mass is 35.5. The van der Waals surface area contributed by atoms with E-state index in [0.717, 1.165) is 28.1 Å². The summed E-state index contributed by atoms with van der Waals surface area (Å²) >= 11 is 7.71. The molecule has 1 spiro atoms. The van der Waals surface area contributed by atoms with Crippen LogP contribution in [0.2, 0.25) is 4.34 Å². The van der Waals surface area contributed by atoms with Gasteiger partial charge in [0.1, 0.15) is 11.3 Å². The Kier molecular flexibility index (Phi) is 4.14. The van der Waals surface area contributed by atoms with Gasteiger partial charge in [0.25, 0.3) is 0 Å². The molecule has 0 saturated carbocycles. The third-order valence-electron chi connectivity index (χ3n) is 4.86. The van der Waals surface area contributed by atoms with Crippen LogP contribution in [0.25, 0.3) is 0 Å². The molecular weight excluding hydrogens is 375 g/mol. The number of aromatic amines is 1. The highest BCUT2D eigenvalue weighted by Crippen LogP contribution is 2.50. The Morgan fingerprint density at radius 2 is 2.16 bits per heavy atom. The number of piperidine rings is 1. The molecule has 2 N–H and O–H groups in total. The van der Waals surface area contributed by atoms with E-state index in [0.29, 0.717) is 18.7 Å². The van der Waals surface area contributed by atoms with E-state index in [1.807, 2.05) is 13.0 Å². The normalized spacial score (nSPS) is 29.8. The number of hydrogen-bond acceptors (Lipinski definition) is 4. The highest BCUT2D eigenvalue weighted by Gasteiger charge is 2.47. The fourth-order valence-corrected chi connectivity index (χ4v) is 5.37. The first-order valence-corrected chi connectivity index (χ1v) is 9.27. The quantitative estimate of drug-likeness (QED) is 0.756. The standard InChI is InChI=1S/C16H17ClF3N3OS/c1-8-6-15(14-9(2-3-24-15)4-13(17)25-14)7-11(21-8)10-5-12(23-22-10)16(18,19)20/h4-5,8,11,21H,2-3,6-7H2,1H3,(H,22,23). The number of halogens is 4. The Bertz CT molecular complexity index is 790. The molecule has 0 aromatic carbocycles. The molecule has 2 aromatic rings. The summed E-state index contributed by atoms with van der Waals surface area (Å²) in [4.78, 5) is 1.11. The van der Waals surface area contributed by atoms with Crippen molar-refractivity contribution >= 4 is 22.9 Å². The molecule has 0 radical (unpaired) electrons. The van der Waals surface area contributed by atoms with Gasteiger partial charge in [-0.2, -0.15) is 18.3 Å². The molecule has 2 aliphatic heterocycles. The first-order chi connectivity index (χ1) is 11.8. The lowest BCUT2D eigenvalue weighted by Gasteiger charge is -2.45. The Hall–Kier alpha value is -1.09. The predicted molar refractivity (Wildman–Crippen MR) is 88.8 cm³/mol. The highest BCUT2D eigenvalue weighted by molar-refractivity contribution is 7.16. The van der Waals surface area contributed by atoms with Gasteiger partial charge in [0, 0.05) is 17.3 Å². The van der Waals surface area contributed by atoms with Gasteiger partial charge in [0.2, 0.25) is 0 Å². The SMILES string of the molecule is CC1CC2(CC(c3cc(C(F)(F)F)[nH]n3)N1)OCCc1cc(Cl)sc12. The van der Waals surface area contributed by atoms with Gasteiger partial charge in [-0.3, -0.25) is 5.10 Å². The van der Waals surface area contributed by atoms with Crippen molar-refractivity contribution in [2.45, 2.75) is 50.0 Å². The van der Waals surface area contributed by atoms with Crippen molar-refractivity contribution < 1.29 is 17.9 Å². The van der Waals surface area contributed by atoms with Crippen LogP contribution in [0.3, 0.4) is 0 Å². The fourth-order valence-electron chi connectivity index (χ4n) is 3.91. The molecule has 1 fully saturated rings. The number of nitrogens with one attached hydrogen (secondary N) is 2. The maximum Gasteiger partial charge on any atom is 0.432 e. The van der Waals surface area contributed by atoms with Crippen molar-refractivity contribution in [2.24, 2.45) is 0 Å². The van der Waals surface area contributed by atoms with E-state index in [1.165, 1.54) is 16.9 Å². The number of ether oxygens (including phenoxy) is 1. The number of thiophene rings is 1. The molecule has 9 heteroatoms. The molecule has 2 aliphatic rings. The van der Waals surface area contributed by atoms with Crippen molar-refractivity contribution in [3.8, 4) is 0 Å². The first kappa shape index (κ1) is 17.3. The van der Waals surface area contributed by atoms with Gasteiger partial charge in [-0.05, 0) is 37.5 Å². The summed E-state index contributed by atoms with van der Waals surface area (Å²) in [6.45, 7) is 2.60. The van der Waals surface area contributed by atoms with E-state index in [4.69, 9.17) is 16.3 Å². The Balaban J connectivity index is 1.68. The van der Waals surface area contributed by atoms with Crippen LogP contribution in [0.4, 0.5) is 13.2 Å². The molecule has 4 heterocycles. The summed E-state index contributed by atoms with van der Waals surface area (Å²) in [5, 5.41) is 9.34. The van der Waals surface area contributed by atoms with Gasteiger partial charge < -0.3 is 10.1 Å². The molecule has 4 rings (SSSR count). The Morgan fingerprint density at radius 3 is 2.88 bits per heavy atom. The maximum absolute atomic E-state index is 12.9. The van der Waals surface area contributed by atoms with Crippen molar-refractivity contribution in [3.05, 3.63) is 38.3 Å². The van der Waals surface area contributed by atoms with Crippen LogP contribution in [0.5, 0.6) is 0 Å². The van der Waals surface area contributed by atoms with E-state index in [1.54, 1.807) is 0 Å². The van der Waals surface area contributed by atoms with Crippen LogP contribution < -0.4 is 5.32 Å². The van der Waals surface area contributed by atoms with Gasteiger partial charge in [0.05, 0.1) is 22.7 Å². The molecule has 4 nitrogen and oxygen atoms in total. The van der Waals surface area contributed by atoms with Gasteiger partial charge in [-0.1, -0.05) is 11.6 Å². The van der Waals surface area contributed by atoms with E-state index in [9.17, 15) is 13.2 Å². The molecule has 0 bridgehead atoms. The summed E-state index contributed by atoms with van der Waals surface area (Å²) in [6.07, 6.45) is -2.33. The zero-order valence-electron chi connectivity index (χ0n) is 13.4. The molecule has 3 unspecified atom stereocenters. The fraction of sp³-hybridized carbons (Fsp3) is 0.562. The molecule has 0 amide bonds. The van der Waals surface area contributed by atoms with Gasteiger partial charge in [-0.25, -0.2) is 0 Å². The molecule has 1 saturated heterocycles. The molecule has 2 aromatic heterocycles. The average molecular weight is 392 g/mol. The molecule has 3 atom stereocenters. The summed E-state index contributed by atoms with van der Waals surface area (Å²) in [7, 11) is 0. The summed E-state index contributed by atoms with van der Waals surface area (Å²) in [5.41, 5.74) is 0.197. The van der Waals surface area contributed by atoms with Crippen molar-refractivity contribution in [3.63, 3.8) is 0 Å². The van der Waals surface area contributed by atoms with E-state index < -0.39 is 17.5 Å². The lowest BCUT2D eigenvalue weighted by atomic mass is 9.79. The molecule has 136 valence electrons. The second kappa shape index (κ2) is 5.97. The average Bonchev–Trinajstić information content (AvgIpc) is 3.13. The van der Waals surface area contributed by atoms with Crippen LogP contribution in [-0.4, -0.2) is 22.8 Å². The van der Waals surface area contributed by atoms with Gasteiger partial charge in [-0.15, -0.1) is 11.3 Å². The molecule has 25 heavy (non-hydrogen) atoms. The monoisotopic (exact) mass is 391 g/mol. The maximum atomic E-state index is 12.9. The van der Waals surface area contributed by atoms with Gasteiger partial charge >= 0.3 is 6.18 Å². The molecular formula is C16H17ClF3N3OS. The van der Waals surface area contributed by atoms with Crippen LogP contribution in [0.15, 0.2) is 12.1 Å². The van der Waals surface area contributed by atoms with E-state index >= 15 is 0 Å². The minimum Gasteiger partial charge on any atom is -0.369 e. The van der Waals surface area contributed by atoms with Crippen LogP contribution in [0, 0.1) is 0 Å². The zero-order chi connectivity index (χ0) is 17.8. The minimum absolute atomic E-state index is 0.0802. The van der Waals surface area contributed by atoms with E-state index in [2.05, 4.69) is 15.5 Å². The topological polar surface area (TPSA) is 49.9 Å². The zero-order valence-corrected chi connectivity index (χ0v) is 15.0. The van der Waals surface area contributed by atoms with Crippen LogP contribution in [-0.2, 0) is 22.9 Å². The van der Waals surface area contributed by atoms with Crippen molar-refractivity contribution in [2.75, 3.05) is 6.61 Å². The second-order valence-electron chi connectivity index (χ2n) is 6.73.